The van der Waals surface area contributed by atoms with Crippen molar-refractivity contribution in [3.05, 3.63) is 65.7 Å². The minimum atomic E-state index is 0.389. The SMILES string of the molecule is COc1ccc([C@H](CCN[C@H](C)c2ccccc2)C(C)C)cc1. The fraction of sp³-hybridized carbons (Fsp3) is 0.429. The highest BCUT2D eigenvalue weighted by Crippen LogP contribution is 2.29. The average molecular weight is 311 g/mol. The smallest absolute Gasteiger partial charge is 0.118 e. The van der Waals surface area contributed by atoms with Crippen LogP contribution in [0.3, 0.4) is 0 Å². The predicted octanol–water partition coefficient (Wildman–Crippen LogP) is 5.18. The van der Waals surface area contributed by atoms with Crippen molar-refractivity contribution in [2.45, 2.75) is 39.2 Å². The Labute approximate surface area is 140 Å². The lowest BCUT2D eigenvalue weighted by Gasteiger charge is -2.23. The van der Waals surface area contributed by atoms with Gasteiger partial charge in [-0.15, -0.1) is 0 Å². The van der Waals surface area contributed by atoms with Gasteiger partial charge in [-0.05, 0) is 55.0 Å². The molecule has 2 aromatic rings. The molecule has 0 radical (unpaired) electrons. The molecule has 0 amide bonds. The third kappa shape index (κ3) is 5.11. The predicted molar refractivity (Wildman–Crippen MR) is 98.0 cm³/mol. The van der Waals surface area contributed by atoms with Gasteiger partial charge in [0.05, 0.1) is 7.11 Å². The molecule has 124 valence electrons. The molecule has 2 aromatic carbocycles. The highest BCUT2D eigenvalue weighted by Gasteiger charge is 2.16. The zero-order chi connectivity index (χ0) is 16.7. The van der Waals surface area contributed by atoms with E-state index in [2.05, 4.69) is 80.7 Å². The summed E-state index contributed by atoms with van der Waals surface area (Å²) in [5, 5.41) is 3.65. The van der Waals surface area contributed by atoms with Gasteiger partial charge < -0.3 is 10.1 Å². The average Bonchev–Trinajstić information content (AvgIpc) is 2.59. The summed E-state index contributed by atoms with van der Waals surface area (Å²) in [4.78, 5) is 0. The maximum absolute atomic E-state index is 5.26. The second-order valence-electron chi connectivity index (χ2n) is 6.50. The van der Waals surface area contributed by atoms with Crippen LogP contribution in [0.25, 0.3) is 0 Å². The van der Waals surface area contributed by atoms with Crippen LogP contribution in [0.2, 0.25) is 0 Å². The molecule has 0 heterocycles. The van der Waals surface area contributed by atoms with Crippen LogP contribution in [0.5, 0.6) is 5.75 Å². The van der Waals surface area contributed by atoms with Crippen molar-refractivity contribution in [1.82, 2.24) is 5.32 Å². The number of hydrogen-bond acceptors (Lipinski definition) is 2. The number of ether oxygens (including phenoxy) is 1. The number of benzene rings is 2. The summed E-state index contributed by atoms with van der Waals surface area (Å²) in [7, 11) is 1.71. The van der Waals surface area contributed by atoms with E-state index in [9.17, 15) is 0 Å². The zero-order valence-corrected chi connectivity index (χ0v) is 14.8. The molecule has 2 atom stereocenters. The van der Waals surface area contributed by atoms with Crippen LogP contribution in [0.1, 0.15) is 50.3 Å². The lowest BCUT2D eigenvalue weighted by molar-refractivity contribution is 0.412. The van der Waals surface area contributed by atoms with Crippen LogP contribution < -0.4 is 10.1 Å². The molecule has 0 spiro atoms. The minimum Gasteiger partial charge on any atom is -0.497 e. The van der Waals surface area contributed by atoms with Gasteiger partial charge in [0, 0.05) is 6.04 Å². The van der Waals surface area contributed by atoms with Crippen molar-refractivity contribution >= 4 is 0 Å². The summed E-state index contributed by atoms with van der Waals surface area (Å²) in [6.07, 6.45) is 1.14. The van der Waals surface area contributed by atoms with E-state index < -0.39 is 0 Å². The fourth-order valence-corrected chi connectivity index (χ4v) is 3.05. The first-order valence-corrected chi connectivity index (χ1v) is 8.54. The van der Waals surface area contributed by atoms with E-state index in [1.54, 1.807) is 7.11 Å². The molecule has 0 saturated heterocycles. The van der Waals surface area contributed by atoms with Gasteiger partial charge in [-0.2, -0.15) is 0 Å². The van der Waals surface area contributed by atoms with E-state index in [1.807, 2.05) is 0 Å². The number of rotatable bonds is 8. The van der Waals surface area contributed by atoms with Crippen LogP contribution in [0, 0.1) is 5.92 Å². The molecule has 23 heavy (non-hydrogen) atoms. The Bertz CT molecular complexity index is 562. The van der Waals surface area contributed by atoms with Gasteiger partial charge in [-0.25, -0.2) is 0 Å². The summed E-state index contributed by atoms with van der Waals surface area (Å²) in [5.74, 6) is 2.11. The van der Waals surface area contributed by atoms with Gasteiger partial charge in [0.2, 0.25) is 0 Å². The van der Waals surface area contributed by atoms with Gasteiger partial charge in [-0.3, -0.25) is 0 Å². The molecule has 0 bridgehead atoms. The highest BCUT2D eigenvalue weighted by atomic mass is 16.5. The molecular formula is C21H29NO. The van der Waals surface area contributed by atoms with E-state index in [0.29, 0.717) is 17.9 Å². The summed E-state index contributed by atoms with van der Waals surface area (Å²) in [5.41, 5.74) is 2.74. The Morgan fingerprint density at radius 2 is 1.52 bits per heavy atom. The summed E-state index contributed by atoms with van der Waals surface area (Å²) >= 11 is 0. The van der Waals surface area contributed by atoms with Crippen LogP contribution in [0.15, 0.2) is 54.6 Å². The summed E-state index contributed by atoms with van der Waals surface area (Å²) in [6, 6.07) is 19.5. The van der Waals surface area contributed by atoms with Gasteiger partial charge >= 0.3 is 0 Å². The highest BCUT2D eigenvalue weighted by molar-refractivity contribution is 5.29. The van der Waals surface area contributed by atoms with Gasteiger partial charge in [0.1, 0.15) is 5.75 Å². The second-order valence-corrected chi connectivity index (χ2v) is 6.50. The van der Waals surface area contributed by atoms with Gasteiger partial charge in [-0.1, -0.05) is 56.3 Å². The Morgan fingerprint density at radius 1 is 0.870 bits per heavy atom. The van der Waals surface area contributed by atoms with Gasteiger partial charge in [0.25, 0.3) is 0 Å². The van der Waals surface area contributed by atoms with E-state index in [4.69, 9.17) is 4.74 Å². The first kappa shape index (κ1) is 17.6. The minimum absolute atomic E-state index is 0.389. The van der Waals surface area contributed by atoms with E-state index >= 15 is 0 Å². The molecule has 2 rings (SSSR count). The van der Waals surface area contributed by atoms with Crippen LogP contribution in [0.4, 0.5) is 0 Å². The first-order valence-electron chi connectivity index (χ1n) is 8.54. The van der Waals surface area contributed by atoms with Gasteiger partial charge in [0.15, 0.2) is 0 Å². The first-order chi connectivity index (χ1) is 11.1. The second kappa shape index (κ2) is 8.73. The number of nitrogens with one attached hydrogen (secondary N) is 1. The largest absolute Gasteiger partial charge is 0.497 e. The molecule has 1 N–H and O–H groups in total. The number of methoxy groups -OCH3 is 1. The lowest BCUT2D eigenvalue weighted by Crippen LogP contribution is -2.22. The van der Waals surface area contributed by atoms with Crippen molar-refractivity contribution in [3.63, 3.8) is 0 Å². The normalized spacial score (nSPS) is 13.8. The fourth-order valence-electron chi connectivity index (χ4n) is 3.05. The Hall–Kier alpha value is -1.80. The molecular weight excluding hydrogens is 282 g/mol. The van der Waals surface area contributed by atoms with Crippen molar-refractivity contribution in [2.75, 3.05) is 13.7 Å². The maximum Gasteiger partial charge on any atom is 0.118 e. The Kier molecular flexibility index (Phi) is 6.66. The van der Waals surface area contributed by atoms with E-state index in [0.717, 1.165) is 18.7 Å². The third-order valence-corrected chi connectivity index (χ3v) is 4.55. The monoisotopic (exact) mass is 311 g/mol. The number of hydrogen-bond donors (Lipinski definition) is 1. The molecule has 0 aliphatic carbocycles. The van der Waals surface area contributed by atoms with Crippen LogP contribution in [-0.2, 0) is 0 Å². The van der Waals surface area contributed by atoms with E-state index in [-0.39, 0.29) is 0 Å². The van der Waals surface area contributed by atoms with Crippen molar-refractivity contribution in [2.24, 2.45) is 5.92 Å². The van der Waals surface area contributed by atoms with E-state index in [1.165, 1.54) is 11.1 Å². The third-order valence-electron chi connectivity index (χ3n) is 4.55. The van der Waals surface area contributed by atoms with Crippen LogP contribution >= 0.6 is 0 Å². The molecule has 2 heteroatoms. The maximum atomic E-state index is 5.26. The molecule has 2 nitrogen and oxygen atoms in total. The topological polar surface area (TPSA) is 21.3 Å². The summed E-state index contributed by atoms with van der Waals surface area (Å²) < 4.78 is 5.26. The molecule has 0 aromatic heterocycles. The standard InChI is InChI=1S/C21H29NO/c1-16(2)21(19-10-12-20(23-4)13-11-19)14-15-22-17(3)18-8-6-5-7-9-18/h5-13,16-17,21-22H,14-15H2,1-4H3/t17-,21-/m1/s1. The lowest BCUT2D eigenvalue weighted by atomic mass is 9.85. The van der Waals surface area contributed by atoms with Crippen LogP contribution in [-0.4, -0.2) is 13.7 Å². The molecule has 0 aliphatic rings. The van der Waals surface area contributed by atoms with Crippen molar-refractivity contribution in [3.8, 4) is 5.75 Å². The Morgan fingerprint density at radius 3 is 2.09 bits per heavy atom. The summed E-state index contributed by atoms with van der Waals surface area (Å²) in [6.45, 7) is 7.85. The zero-order valence-electron chi connectivity index (χ0n) is 14.8. The molecule has 0 unspecified atom stereocenters. The van der Waals surface area contributed by atoms with Crippen molar-refractivity contribution in [1.29, 1.82) is 0 Å². The molecule has 0 saturated carbocycles. The quantitative estimate of drug-likeness (QED) is 0.725. The van der Waals surface area contributed by atoms with Crippen molar-refractivity contribution < 1.29 is 4.74 Å². The molecule has 0 aliphatic heterocycles. The Balaban J connectivity index is 1.92. The molecule has 0 fully saturated rings.